The lowest BCUT2D eigenvalue weighted by molar-refractivity contribution is 0.126. The zero-order valence-electron chi connectivity index (χ0n) is 16.5. The number of anilines is 3. The van der Waals surface area contributed by atoms with Gasteiger partial charge in [-0.2, -0.15) is 4.98 Å². The molecule has 1 aromatic carbocycles. The van der Waals surface area contributed by atoms with Crippen LogP contribution in [0.25, 0.3) is 0 Å². The molecule has 2 aromatic rings. The number of fused-ring (bicyclic) bond motifs is 1. The van der Waals surface area contributed by atoms with Gasteiger partial charge in [0.2, 0.25) is 5.95 Å². The largest absolute Gasteiger partial charge is 0.503 e. The van der Waals surface area contributed by atoms with Crippen LogP contribution >= 0.6 is 0 Å². The number of nitrogens with zero attached hydrogens (tertiary/aromatic N) is 4. The Kier molecular flexibility index (Phi) is 5.42. The van der Waals surface area contributed by atoms with Crippen LogP contribution in [0.5, 0.6) is 5.75 Å². The molecule has 0 saturated heterocycles. The maximum Gasteiger partial charge on any atom is 0.330 e. The number of aliphatic hydroxyl groups excluding tert-OH is 1. The van der Waals surface area contributed by atoms with Crippen molar-refractivity contribution >= 4 is 23.5 Å². The fourth-order valence-electron chi connectivity index (χ4n) is 3.90. The molecule has 0 unspecified atom stereocenters. The number of hydrogen-bond donors (Lipinski definition) is 3. The molecule has 8 nitrogen and oxygen atoms in total. The molecule has 4 rings (SSSR count). The maximum absolute atomic E-state index is 14.4. The van der Waals surface area contributed by atoms with Crippen LogP contribution in [0.2, 0.25) is 0 Å². The molecule has 2 amide bonds. The van der Waals surface area contributed by atoms with Crippen molar-refractivity contribution in [2.24, 2.45) is 0 Å². The summed E-state index contributed by atoms with van der Waals surface area (Å²) in [5.74, 6) is -2.59. The Bertz CT molecular complexity index is 966. The van der Waals surface area contributed by atoms with Crippen LogP contribution < -0.4 is 15.1 Å². The van der Waals surface area contributed by atoms with Gasteiger partial charge in [-0.05, 0) is 44.7 Å². The van der Waals surface area contributed by atoms with Gasteiger partial charge in [0.15, 0.2) is 17.4 Å². The Morgan fingerprint density at radius 3 is 2.67 bits per heavy atom. The number of urea groups is 1. The third-order valence-corrected chi connectivity index (χ3v) is 5.57. The minimum absolute atomic E-state index is 0.0113. The molecule has 1 saturated carbocycles. The van der Waals surface area contributed by atoms with E-state index in [-0.39, 0.29) is 30.9 Å². The zero-order chi connectivity index (χ0) is 21.4. The predicted molar refractivity (Wildman–Crippen MR) is 107 cm³/mol. The van der Waals surface area contributed by atoms with Gasteiger partial charge >= 0.3 is 6.03 Å². The third kappa shape index (κ3) is 3.62. The molecule has 1 aliphatic heterocycles. The summed E-state index contributed by atoms with van der Waals surface area (Å²) < 4.78 is 27.8. The molecule has 0 spiro atoms. The molecule has 1 fully saturated rings. The Hall–Kier alpha value is -3.01. The second-order valence-electron chi connectivity index (χ2n) is 7.53. The Morgan fingerprint density at radius 2 is 1.97 bits per heavy atom. The summed E-state index contributed by atoms with van der Waals surface area (Å²) in [5, 5.41) is 22.5. The number of phenolic OH excluding ortho intramolecular Hbond substituents is 1. The number of halogens is 2. The first-order valence-corrected chi connectivity index (χ1v) is 9.95. The number of amides is 2. The molecule has 0 atom stereocenters. The molecule has 0 radical (unpaired) electrons. The summed E-state index contributed by atoms with van der Waals surface area (Å²) in [6.07, 6.45) is 4.35. The van der Waals surface area contributed by atoms with Crippen molar-refractivity contribution in [3.05, 3.63) is 35.5 Å². The highest BCUT2D eigenvalue weighted by molar-refractivity contribution is 6.05. The van der Waals surface area contributed by atoms with Crippen LogP contribution in [0.4, 0.5) is 31.0 Å². The van der Waals surface area contributed by atoms with E-state index in [0.717, 1.165) is 29.9 Å². The SMILES string of the molecule is CCN1C(=O)N(c2ccc(F)c(O)c2F)Cc2cnc(NC3CCC(O)CC3)nc21. The first kappa shape index (κ1) is 20.3. The van der Waals surface area contributed by atoms with E-state index in [1.165, 1.54) is 4.90 Å². The van der Waals surface area contributed by atoms with Gasteiger partial charge < -0.3 is 15.5 Å². The molecule has 1 aliphatic carbocycles. The number of aromatic hydroxyl groups is 1. The zero-order valence-corrected chi connectivity index (χ0v) is 16.5. The van der Waals surface area contributed by atoms with Crippen LogP contribution in [-0.4, -0.2) is 44.9 Å². The fourth-order valence-corrected chi connectivity index (χ4v) is 3.90. The predicted octanol–water partition coefficient (Wildman–Crippen LogP) is 3.14. The van der Waals surface area contributed by atoms with Gasteiger partial charge in [-0.1, -0.05) is 0 Å². The van der Waals surface area contributed by atoms with Gasteiger partial charge in [-0.3, -0.25) is 9.80 Å². The van der Waals surface area contributed by atoms with Gasteiger partial charge in [-0.25, -0.2) is 18.6 Å². The van der Waals surface area contributed by atoms with Gasteiger partial charge in [0.1, 0.15) is 5.82 Å². The topological polar surface area (TPSA) is 102 Å². The van der Waals surface area contributed by atoms with Gasteiger partial charge in [0.05, 0.1) is 18.3 Å². The molecule has 3 N–H and O–H groups in total. The van der Waals surface area contributed by atoms with Gasteiger partial charge in [-0.15, -0.1) is 0 Å². The first-order chi connectivity index (χ1) is 14.4. The second kappa shape index (κ2) is 8.02. The van der Waals surface area contributed by atoms with E-state index in [4.69, 9.17) is 0 Å². The number of benzene rings is 1. The Balaban J connectivity index is 1.62. The summed E-state index contributed by atoms with van der Waals surface area (Å²) in [6.45, 7) is 2.03. The summed E-state index contributed by atoms with van der Waals surface area (Å²) in [5.41, 5.74) is 0.384. The molecule has 10 heteroatoms. The minimum Gasteiger partial charge on any atom is -0.503 e. The highest BCUT2D eigenvalue weighted by atomic mass is 19.1. The van der Waals surface area contributed by atoms with E-state index < -0.39 is 23.4 Å². The maximum atomic E-state index is 14.4. The molecular formula is C20H23F2N5O3. The average Bonchev–Trinajstić information content (AvgIpc) is 2.74. The van der Waals surface area contributed by atoms with Crippen molar-refractivity contribution in [3.8, 4) is 5.75 Å². The number of aliphatic hydroxyl groups is 1. The Labute approximate surface area is 172 Å². The van der Waals surface area contributed by atoms with Crippen molar-refractivity contribution in [1.29, 1.82) is 0 Å². The third-order valence-electron chi connectivity index (χ3n) is 5.57. The summed E-state index contributed by atoms with van der Waals surface area (Å²) >= 11 is 0. The van der Waals surface area contributed by atoms with Gasteiger partial charge in [0.25, 0.3) is 0 Å². The summed E-state index contributed by atoms with van der Waals surface area (Å²) in [4.78, 5) is 24.3. The smallest absolute Gasteiger partial charge is 0.330 e. The van der Waals surface area contributed by atoms with E-state index in [9.17, 15) is 23.8 Å². The molecule has 2 aliphatic rings. The van der Waals surface area contributed by atoms with E-state index in [0.29, 0.717) is 30.2 Å². The van der Waals surface area contributed by atoms with Crippen molar-refractivity contribution in [3.63, 3.8) is 0 Å². The average molecular weight is 419 g/mol. The lowest BCUT2D eigenvalue weighted by atomic mass is 9.93. The normalized spacial score (nSPS) is 21.5. The summed E-state index contributed by atoms with van der Waals surface area (Å²) in [7, 11) is 0. The number of hydrogen-bond acceptors (Lipinski definition) is 6. The van der Waals surface area contributed by atoms with Crippen molar-refractivity contribution < 1.29 is 23.8 Å². The molecule has 2 heterocycles. The lowest BCUT2D eigenvalue weighted by Crippen LogP contribution is -2.48. The fraction of sp³-hybridized carbons (Fsp3) is 0.450. The number of carbonyl (C=O) groups excluding carboxylic acids is 1. The van der Waals surface area contributed by atoms with E-state index in [1.807, 2.05) is 0 Å². The standard InChI is InChI=1S/C20H23F2N5O3/c1-2-26-18-11(9-23-19(25-18)24-12-3-5-13(28)6-4-12)10-27(20(26)30)15-8-7-14(21)17(29)16(15)22/h7-9,12-13,28-29H,2-6,10H2,1H3,(H,23,24,25). The molecule has 30 heavy (non-hydrogen) atoms. The van der Waals surface area contributed by atoms with Crippen LogP contribution in [0.3, 0.4) is 0 Å². The Morgan fingerprint density at radius 1 is 1.23 bits per heavy atom. The molecule has 0 bridgehead atoms. The number of nitrogens with one attached hydrogen (secondary N) is 1. The molecular weight excluding hydrogens is 396 g/mol. The van der Waals surface area contributed by atoms with Crippen LogP contribution in [-0.2, 0) is 6.54 Å². The second-order valence-corrected chi connectivity index (χ2v) is 7.53. The van der Waals surface area contributed by atoms with E-state index in [2.05, 4.69) is 15.3 Å². The lowest BCUT2D eigenvalue weighted by Gasteiger charge is -2.36. The van der Waals surface area contributed by atoms with E-state index in [1.54, 1.807) is 13.1 Å². The van der Waals surface area contributed by atoms with Crippen molar-refractivity contribution in [2.75, 3.05) is 21.7 Å². The number of carbonyl (C=O) groups is 1. The van der Waals surface area contributed by atoms with Crippen LogP contribution in [0, 0.1) is 11.6 Å². The molecule has 160 valence electrons. The highest BCUT2D eigenvalue weighted by Crippen LogP contribution is 2.35. The first-order valence-electron chi connectivity index (χ1n) is 9.95. The minimum atomic E-state index is -1.19. The van der Waals surface area contributed by atoms with E-state index >= 15 is 0 Å². The van der Waals surface area contributed by atoms with Gasteiger partial charge in [0, 0.05) is 24.3 Å². The quantitative estimate of drug-likeness (QED) is 0.704. The van der Waals surface area contributed by atoms with Crippen molar-refractivity contribution in [2.45, 2.75) is 51.3 Å². The highest BCUT2D eigenvalue weighted by Gasteiger charge is 2.34. The number of aromatic nitrogens is 2. The molecule has 1 aromatic heterocycles. The summed E-state index contributed by atoms with van der Waals surface area (Å²) in [6, 6.07) is 1.65. The number of rotatable bonds is 4. The van der Waals surface area contributed by atoms with Crippen molar-refractivity contribution in [1.82, 2.24) is 9.97 Å². The number of phenols is 1. The monoisotopic (exact) mass is 419 g/mol. The van der Waals surface area contributed by atoms with Crippen LogP contribution in [0.15, 0.2) is 18.3 Å². The van der Waals surface area contributed by atoms with Crippen LogP contribution in [0.1, 0.15) is 38.2 Å².